The second-order valence-electron chi connectivity index (χ2n) is 6.02. The largest absolute Gasteiger partial charge is 0.482 e. The molecule has 0 aliphatic heterocycles. The molecule has 0 bridgehead atoms. The molecule has 0 saturated heterocycles. The van der Waals surface area contributed by atoms with Crippen molar-refractivity contribution >= 4 is 29.3 Å². The summed E-state index contributed by atoms with van der Waals surface area (Å²) in [6.45, 7) is 2.83. The molecule has 8 nitrogen and oxygen atoms in total. The first kappa shape index (κ1) is 21.6. The molecule has 0 fully saturated rings. The van der Waals surface area contributed by atoms with E-state index in [1.807, 2.05) is 6.92 Å². The number of benzene rings is 2. The Labute approximate surface area is 168 Å². The third kappa shape index (κ3) is 7.10. The molecular weight excluding hydrogens is 376 g/mol. The first-order valence-electron chi connectivity index (χ1n) is 8.96. The molecule has 8 heteroatoms. The maximum Gasteiger partial charge on any atom is 0.344 e. The lowest BCUT2D eigenvalue weighted by Crippen LogP contribution is -2.24. The van der Waals surface area contributed by atoms with Crippen LogP contribution in [0.15, 0.2) is 48.5 Å². The summed E-state index contributed by atoms with van der Waals surface area (Å²) in [5.41, 5.74) is 1.28. The van der Waals surface area contributed by atoms with Gasteiger partial charge in [-0.25, -0.2) is 4.79 Å². The predicted octanol–water partition coefficient (Wildman–Crippen LogP) is 2.20. The number of ketones is 1. The Morgan fingerprint density at radius 3 is 2.38 bits per heavy atom. The number of carbonyl (C=O) groups excluding carboxylic acids is 4. The van der Waals surface area contributed by atoms with E-state index in [0.717, 1.165) is 0 Å². The van der Waals surface area contributed by atoms with E-state index in [-0.39, 0.29) is 11.7 Å². The minimum atomic E-state index is -0.732. The average Bonchev–Trinajstić information content (AvgIpc) is 2.71. The molecule has 0 radical (unpaired) electrons. The topological polar surface area (TPSA) is 111 Å². The smallest absolute Gasteiger partial charge is 0.344 e. The second-order valence-corrected chi connectivity index (χ2v) is 6.02. The Morgan fingerprint density at radius 1 is 0.931 bits per heavy atom. The third-order valence-corrected chi connectivity index (χ3v) is 3.71. The van der Waals surface area contributed by atoms with Gasteiger partial charge >= 0.3 is 5.97 Å². The van der Waals surface area contributed by atoms with Gasteiger partial charge in [-0.2, -0.15) is 0 Å². The zero-order valence-electron chi connectivity index (χ0n) is 16.2. The zero-order valence-corrected chi connectivity index (χ0v) is 16.2. The first-order chi connectivity index (χ1) is 13.9. The van der Waals surface area contributed by atoms with Crippen LogP contribution in [-0.2, 0) is 14.3 Å². The summed E-state index contributed by atoms with van der Waals surface area (Å²) in [7, 11) is 0. The molecule has 0 spiro atoms. The maximum atomic E-state index is 12.0. The summed E-state index contributed by atoms with van der Waals surface area (Å²) in [6, 6.07) is 12.8. The number of ether oxygens (including phenoxy) is 2. The molecule has 0 atom stereocenters. The molecule has 2 amide bonds. The van der Waals surface area contributed by atoms with Gasteiger partial charge in [0.2, 0.25) is 0 Å². The lowest BCUT2D eigenvalue weighted by molar-refractivity contribution is -0.149. The maximum absolute atomic E-state index is 12.0. The second kappa shape index (κ2) is 10.6. The van der Waals surface area contributed by atoms with Crippen molar-refractivity contribution in [1.82, 2.24) is 5.32 Å². The molecule has 152 valence electrons. The van der Waals surface area contributed by atoms with Crippen LogP contribution in [0.2, 0.25) is 0 Å². The van der Waals surface area contributed by atoms with Gasteiger partial charge in [0.1, 0.15) is 5.75 Å². The molecule has 0 saturated carbocycles. The molecule has 2 aromatic rings. The number of hydrogen-bond acceptors (Lipinski definition) is 6. The van der Waals surface area contributed by atoms with Crippen LogP contribution in [0.25, 0.3) is 0 Å². The number of carbonyl (C=O) groups is 4. The van der Waals surface area contributed by atoms with Crippen LogP contribution >= 0.6 is 0 Å². The van der Waals surface area contributed by atoms with Gasteiger partial charge in [0.05, 0.1) is 0 Å². The summed E-state index contributed by atoms with van der Waals surface area (Å²) in [5.74, 6) is -1.30. The molecule has 2 N–H and O–H groups in total. The van der Waals surface area contributed by atoms with Crippen LogP contribution in [0.1, 0.15) is 34.6 Å². The number of rotatable bonds is 9. The number of hydrogen-bond donors (Lipinski definition) is 2. The van der Waals surface area contributed by atoms with Crippen LogP contribution in [0.5, 0.6) is 5.75 Å². The normalized spacial score (nSPS) is 10.0. The highest BCUT2D eigenvalue weighted by Gasteiger charge is 2.11. The summed E-state index contributed by atoms with van der Waals surface area (Å²) in [6.07, 6.45) is 0. The molecular formula is C21H22N2O6. The summed E-state index contributed by atoms with van der Waals surface area (Å²) in [5, 5.41) is 5.22. The van der Waals surface area contributed by atoms with Crippen molar-refractivity contribution in [1.29, 1.82) is 0 Å². The predicted molar refractivity (Wildman–Crippen MR) is 106 cm³/mol. The van der Waals surface area contributed by atoms with Crippen molar-refractivity contribution in [2.24, 2.45) is 0 Å². The first-order valence-corrected chi connectivity index (χ1v) is 8.96. The Bertz CT molecular complexity index is 910. The molecule has 0 unspecified atom stereocenters. The lowest BCUT2D eigenvalue weighted by Gasteiger charge is -2.09. The SMILES string of the molecule is CCNC(=O)c1cccc(NC(=O)COC(=O)COc2cccc(C(C)=O)c2)c1. The van der Waals surface area contributed by atoms with E-state index >= 15 is 0 Å². The molecule has 0 aliphatic carbocycles. The fourth-order valence-corrected chi connectivity index (χ4v) is 2.33. The standard InChI is InChI=1S/C21H22N2O6/c1-3-22-21(27)16-7-4-8-17(10-16)23-19(25)12-29-20(26)13-28-18-9-5-6-15(11-18)14(2)24/h4-11H,3,12-13H2,1-2H3,(H,22,27)(H,23,25). The van der Waals surface area contributed by atoms with Crippen LogP contribution in [-0.4, -0.2) is 43.3 Å². The Hall–Kier alpha value is -3.68. The van der Waals surface area contributed by atoms with Crippen LogP contribution in [0.4, 0.5) is 5.69 Å². The van der Waals surface area contributed by atoms with Crippen LogP contribution in [0.3, 0.4) is 0 Å². The number of esters is 1. The van der Waals surface area contributed by atoms with E-state index in [1.165, 1.54) is 19.1 Å². The Balaban J connectivity index is 1.79. The van der Waals surface area contributed by atoms with Gasteiger partial charge in [0.25, 0.3) is 11.8 Å². The van der Waals surface area contributed by atoms with Gasteiger partial charge in [-0.1, -0.05) is 18.2 Å². The zero-order chi connectivity index (χ0) is 21.2. The fourth-order valence-electron chi connectivity index (χ4n) is 2.33. The van der Waals surface area contributed by atoms with E-state index in [0.29, 0.717) is 29.1 Å². The van der Waals surface area contributed by atoms with Crippen LogP contribution in [0, 0.1) is 0 Å². The minimum absolute atomic E-state index is 0.119. The Kier molecular flexibility index (Phi) is 7.90. The monoisotopic (exact) mass is 398 g/mol. The van der Waals surface area contributed by atoms with E-state index in [4.69, 9.17) is 9.47 Å². The average molecular weight is 398 g/mol. The summed E-state index contributed by atoms with van der Waals surface area (Å²) < 4.78 is 10.1. The van der Waals surface area contributed by atoms with Gasteiger partial charge < -0.3 is 20.1 Å². The highest BCUT2D eigenvalue weighted by Crippen LogP contribution is 2.14. The van der Waals surface area contributed by atoms with Gasteiger partial charge in [0.15, 0.2) is 19.0 Å². The minimum Gasteiger partial charge on any atom is -0.482 e. The molecule has 0 aliphatic rings. The van der Waals surface area contributed by atoms with Gasteiger partial charge in [-0.05, 0) is 44.2 Å². The molecule has 2 aromatic carbocycles. The summed E-state index contributed by atoms with van der Waals surface area (Å²) >= 11 is 0. The van der Waals surface area contributed by atoms with E-state index in [9.17, 15) is 19.2 Å². The molecule has 0 aromatic heterocycles. The summed E-state index contributed by atoms with van der Waals surface area (Å²) in [4.78, 5) is 46.9. The highest BCUT2D eigenvalue weighted by molar-refractivity contribution is 5.97. The van der Waals surface area contributed by atoms with Gasteiger partial charge in [-0.15, -0.1) is 0 Å². The van der Waals surface area contributed by atoms with Gasteiger partial charge in [-0.3, -0.25) is 14.4 Å². The number of anilines is 1. The third-order valence-electron chi connectivity index (χ3n) is 3.71. The fraction of sp³-hybridized carbons (Fsp3) is 0.238. The molecule has 2 rings (SSSR count). The van der Waals surface area contributed by atoms with Crippen molar-refractivity contribution in [3.8, 4) is 5.75 Å². The van der Waals surface area contributed by atoms with Crippen molar-refractivity contribution < 1.29 is 28.7 Å². The van der Waals surface area contributed by atoms with Crippen molar-refractivity contribution in [3.63, 3.8) is 0 Å². The molecule has 29 heavy (non-hydrogen) atoms. The number of Topliss-reactive ketones (excluding diaryl/α,β-unsaturated/α-hetero) is 1. The van der Waals surface area contributed by atoms with Crippen LogP contribution < -0.4 is 15.4 Å². The van der Waals surface area contributed by atoms with E-state index < -0.39 is 25.1 Å². The number of amides is 2. The van der Waals surface area contributed by atoms with E-state index in [2.05, 4.69) is 10.6 Å². The lowest BCUT2D eigenvalue weighted by atomic mass is 10.1. The van der Waals surface area contributed by atoms with Gasteiger partial charge in [0, 0.05) is 23.4 Å². The highest BCUT2D eigenvalue weighted by atomic mass is 16.6. The quantitative estimate of drug-likeness (QED) is 0.495. The van der Waals surface area contributed by atoms with Crippen molar-refractivity contribution in [2.45, 2.75) is 13.8 Å². The number of nitrogens with one attached hydrogen (secondary N) is 2. The van der Waals surface area contributed by atoms with Crippen molar-refractivity contribution in [2.75, 3.05) is 25.1 Å². The van der Waals surface area contributed by atoms with Crippen molar-refractivity contribution in [3.05, 3.63) is 59.7 Å². The van der Waals surface area contributed by atoms with E-state index in [1.54, 1.807) is 36.4 Å². The Morgan fingerprint density at radius 2 is 1.66 bits per heavy atom. The molecule has 0 heterocycles.